The third-order valence-electron chi connectivity index (χ3n) is 4.28. The molecular formula is C17H18BrClN2O3S2. The number of rotatable bonds is 5. The molecule has 0 saturated carbocycles. The fraction of sp³-hybridized carbons (Fsp3) is 0.353. The molecule has 5 nitrogen and oxygen atoms in total. The second-order valence-electron chi connectivity index (χ2n) is 6.11. The van der Waals surface area contributed by atoms with Crippen LogP contribution in [-0.4, -0.2) is 31.7 Å². The van der Waals surface area contributed by atoms with Gasteiger partial charge < -0.3 is 5.32 Å². The van der Waals surface area contributed by atoms with Gasteiger partial charge in [0.2, 0.25) is 5.91 Å². The standard InChI is InChI=1S/C17H18BrClN2O3S2/c18-15-7-8-16(25-15)26(23,24)21-9-1-2-13(11-21)17(22)20-10-12-3-5-14(19)6-4-12/h3-8,13H,1-2,9-11H2,(H,20,22)/t13-/m1/s1. The van der Waals surface area contributed by atoms with Crippen LogP contribution in [-0.2, 0) is 21.4 Å². The van der Waals surface area contributed by atoms with Gasteiger partial charge >= 0.3 is 0 Å². The number of carbonyl (C=O) groups is 1. The average Bonchev–Trinajstić information content (AvgIpc) is 3.08. The zero-order valence-electron chi connectivity index (χ0n) is 13.8. The first kappa shape index (κ1) is 19.8. The maximum absolute atomic E-state index is 12.8. The lowest BCUT2D eigenvalue weighted by molar-refractivity contribution is -0.126. The van der Waals surface area contributed by atoms with Crippen LogP contribution in [0, 0.1) is 5.92 Å². The number of sulfonamides is 1. The summed E-state index contributed by atoms with van der Waals surface area (Å²) in [5, 5.41) is 3.54. The van der Waals surface area contributed by atoms with Crippen LogP contribution in [0.15, 0.2) is 44.4 Å². The first-order valence-corrected chi connectivity index (χ1v) is 11.6. The first-order valence-electron chi connectivity index (χ1n) is 8.14. The van der Waals surface area contributed by atoms with E-state index in [1.807, 2.05) is 12.1 Å². The van der Waals surface area contributed by atoms with Gasteiger partial charge in [0.15, 0.2) is 0 Å². The molecule has 0 radical (unpaired) electrons. The quantitative estimate of drug-likeness (QED) is 0.711. The molecule has 2 aromatic rings. The fourth-order valence-electron chi connectivity index (χ4n) is 2.87. The number of piperidine rings is 1. The summed E-state index contributed by atoms with van der Waals surface area (Å²) in [6.07, 6.45) is 1.36. The van der Waals surface area contributed by atoms with E-state index in [2.05, 4.69) is 21.2 Å². The van der Waals surface area contributed by atoms with E-state index in [-0.39, 0.29) is 18.4 Å². The Kier molecular flexibility index (Phi) is 6.40. The minimum Gasteiger partial charge on any atom is -0.352 e. The molecule has 1 fully saturated rings. The van der Waals surface area contributed by atoms with Gasteiger partial charge in [-0.05, 0) is 58.6 Å². The molecule has 1 atom stereocenters. The lowest BCUT2D eigenvalue weighted by Crippen LogP contribution is -2.45. The summed E-state index contributed by atoms with van der Waals surface area (Å²) in [5.74, 6) is -0.457. The minimum absolute atomic E-state index is 0.118. The summed E-state index contributed by atoms with van der Waals surface area (Å²) in [7, 11) is -3.55. The van der Waals surface area contributed by atoms with Gasteiger partial charge in [-0.25, -0.2) is 8.42 Å². The van der Waals surface area contributed by atoms with Crippen LogP contribution >= 0.6 is 38.9 Å². The van der Waals surface area contributed by atoms with Crippen LogP contribution in [0.3, 0.4) is 0 Å². The van der Waals surface area contributed by atoms with Crippen molar-refractivity contribution in [3.63, 3.8) is 0 Å². The molecule has 26 heavy (non-hydrogen) atoms. The Morgan fingerprint density at radius 2 is 2.00 bits per heavy atom. The predicted molar refractivity (Wildman–Crippen MR) is 107 cm³/mol. The molecule has 0 unspecified atom stereocenters. The number of hydrogen-bond donors (Lipinski definition) is 1. The van der Waals surface area contributed by atoms with Crippen molar-refractivity contribution in [3.8, 4) is 0 Å². The van der Waals surface area contributed by atoms with Crippen molar-refractivity contribution < 1.29 is 13.2 Å². The van der Waals surface area contributed by atoms with Crippen LogP contribution in [0.2, 0.25) is 5.02 Å². The van der Waals surface area contributed by atoms with Gasteiger partial charge in [-0.3, -0.25) is 4.79 Å². The lowest BCUT2D eigenvalue weighted by Gasteiger charge is -2.30. The van der Waals surface area contributed by atoms with Crippen molar-refractivity contribution in [2.75, 3.05) is 13.1 Å². The highest BCUT2D eigenvalue weighted by Gasteiger charge is 2.33. The van der Waals surface area contributed by atoms with E-state index in [1.54, 1.807) is 24.3 Å². The SMILES string of the molecule is O=C(NCc1ccc(Cl)cc1)[C@@H]1CCCN(S(=O)(=O)c2ccc(Br)s2)C1. The molecule has 9 heteroatoms. The Morgan fingerprint density at radius 3 is 2.65 bits per heavy atom. The Balaban J connectivity index is 1.62. The van der Waals surface area contributed by atoms with Gasteiger partial charge in [-0.15, -0.1) is 11.3 Å². The molecule has 140 valence electrons. The monoisotopic (exact) mass is 476 g/mol. The van der Waals surface area contributed by atoms with Crippen molar-refractivity contribution in [3.05, 3.63) is 50.8 Å². The molecule has 1 aromatic carbocycles. The highest BCUT2D eigenvalue weighted by atomic mass is 79.9. The van der Waals surface area contributed by atoms with Gasteiger partial charge in [0, 0.05) is 24.7 Å². The van der Waals surface area contributed by atoms with Crippen molar-refractivity contribution in [1.82, 2.24) is 9.62 Å². The maximum atomic E-state index is 12.8. The van der Waals surface area contributed by atoms with E-state index in [0.717, 1.165) is 9.35 Å². The van der Waals surface area contributed by atoms with E-state index < -0.39 is 10.0 Å². The first-order chi connectivity index (χ1) is 12.4. The molecule has 1 aliphatic heterocycles. The largest absolute Gasteiger partial charge is 0.352 e. The summed E-state index contributed by atoms with van der Waals surface area (Å²) in [5.41, 5.74) is 0.950. The van der Waals surface area contributed by atoms with Crippen molar-refractivity contribution >= 4 is 54.8 Å². The van der Waals surface area contributed by atoms with Crippen molar-refractivity contribution in [1.29, 1.82) is 0 Å². The lowest BCUT2D eigenvalue weighted by atomic mass is 9.99. The van der Waals surface area contributed by atoms with Crippen molar-refractivity contribution in [2.24, 2.45) is 5.92 Å². The number of halogens is 2. The molecular weight excluding hydrogens is 460 g/mol. The van der Waals surface area contributed by atoms with Gasteiger partial charge in [0.1, 0.15) is 4.21 Å². The van der Waals surface area contributed by atoms with E-state index in [1.165, 1.54) is 15.6 Å². The Hall–Kier alpha value is -0.930. The molecule has 1 amide bonds. The highest BCUT2D eigenvalue weighted by molar-refractivity contribution is 9.11. The van der Waals surface area contributed by atoms with E-state index in [9.17, 15) is 13.2 Å². The number of nitrogens with zero attached hydrogens (tertiary/aromatic N) is 1. The van der Waals surface area contributed by atoms with E-state index in [4.69, 9.17) is 11.6 Å². The average molecular weight is 478 g/mol. The minimum atomic E-state index is -3.55. The van der Waals surface area contributed by atoms with E-state index >= 15 is 0 Å². The summed E-state index contributed by atoms with van der Waals surface area (Å²) < 4.78 is 28.0. The fourth-order valence-corrected chi connectivity index (χ4v) is 6.69. The van der Waals surface area contributed by atoms with Gasteiger partial charge in [-0.2, -0.15) is 4.31 Å². The Labute approximate surface area is 170 Å². The van der Waals surface area contributed by atoms with Crippen molar-refractivity contribution in [2.45, 2.75) is 23.6 Å². The normalized spacial score (nSPS) is 18.6. The Bertz CT molecular complexity index is 884. The summed E-state index contributed by atoms with van der Waals surface area (Å²) in [4.78, 5) is 12.5. The number of benzene rings is 1. The smallest absolute Gasteiger partial charge is 0.252 e. The summed E-state index contributed by atoms with van der Waals surface area (Å²) in [6, 6.07) is 10.6. The van der Waals surface area contributed by atoms with Crippen LogP contribution < -0.4 is 5.32 Å². The van der Waals surface area contributed by atoms with Crippen LogP contribution in [0.5, 0.6) is 0 Å². The third-order valence-corrected chi connectivity index (χ3v) is 8.49. The molecule has 0 aliphatic carbocycles. The number of nitrogens with one attached hydrogen (secondary N) is 1. The molecule has 1 aromatic heterocycles. The molecule has 0 spiro atoms. The van der Waals surface area contributed by atoms with Gasteiger partial charge in [-0.1, -0.05) is 23.7 Å². The highest BCUT2D eigenvalue weighted by Crippen LogP contribution is 2.30. The number of amides is 1. The predicted octanol–water partition coefficient (Wildman–Crippen LogP) is 3.88. The van der Waals surface area contributed by atoms with E-state index in [0.29, 0.717) is 35.2 Å². The zero-order valence-corrected chi connectivity index (χ0v) is 17.8. The molecule has 3 rings (SSSR count). The zero-order chi connectivity index (χ0) is 18.7. The van der Waals surface area contributed by atoms with Gasteiger partial charge in [0.05, 0.1) is 9.70 Å². The number of carbonyl (C=O) groups excluding carboxylic acids is 1. The Morgan fingerprint density at radius 1 is 1.27 bits per heavy atom. The molecule has 0 bridgehead atoms. The second kappa shape index (κ2) is 8.39. The second-order valence-corrected chi connectivity index (χ2v) is 11.2. The third kappa shape index (κ3) is 4.67. The molecule has 1 saturated heterocycles. The number of thiophene rings is 1. The summed E-state index contributed by atoms with van der Waals surface area (Å²) in [6.45, 7) is 1.06. The van der Waals surface area contributed by atoms with Crippen LogP contribution in [0.1, 0.15) is 18.4 Å². The molecule has 1 N–H and O–H groups in total. The molecule has 1 aliphatic rings. The van der Waals surface area contributed by atoms with Crippen LogP contribution in [0.25, 0.3) is 0 Å². The number of hydrogen-bond acceptors (Lipinski definition) is 4. The topological polar surface area (TPSA) is 66.5 Å². The van der Waals surface area contributed by atoms with Gasteiger partial charge in [0.25, 0.3) is 10.0 Å². The maximum Gasteiger partial charge on any atom is 0.252 e. The molecule has 2 heterocycles. The van der Waals surface area contributed by atoms with Crippen LogP contribution in [0.4, 0.5) is 0 Å². The summed E-state index contributed by atoms with van der Waals surface area (Å²) >= 11 is 10.3.